The molecule has 0 amide bonds. The van der Waals surface area contributed by atoms with Gasteiger partial charge in [-0.15, -0.1) is 0 Å². The molecular formula is C12H10O6. The fourth-order valence-corrected chi connectivity index (χ4v) is 4.46. The highest BCUT2D eigenvalue weighted by Crippen LogP contribution is 2.66. The minimum atomic E-state index is -0.868. The lowest BCUT2D eigenvalue weighted by Crippen LogP contribution is -2.41. The molecule has 94 valence electrons. The fourth-order valence-electron chi connectivity index (χ4n) is 4.46. The van der Waals surface area contributed by atoms with Gasteiger partial charge in [0, 0.05) is 0 Å². The predicted octanol–water partition coefficient (Wildman–Crippen LogP) is -0.198. The molecule has 1 spiro atoms. The van der Waals surface area contributed by atoms with Crippen LogP contribution >= 0.6 is 0 Å². The van der Waals surface area contributed by atoms with E-state index in [1.165, 1.54) is 0 Å². The minimum Gasteiger partial charge on any atom is -0.393 e. The number of hydrogen-bond donors (Lipinski definition) is 0. The Morgan fingerprint density at radius 1 is 1.00 bits per heavy atom. The van der Waals surface area contributed by atoms with Crippen LogP contribution in [0.1, 0.15) is 19.3 Å². The van der Waals surface area contributed by atoms with Gasteiger partial charge in [-0.05, 0) is 24.7 Å². The number of fused-ring (bicyclic) bond motifs is 6. The summed E-state index contributed by atoms with van der Waals surface area (Å²) in [6, 6.07) is 0. The van der Waals surface area contributed by atoms with Crippen LogP contribution in [0.25, 0.3) is 0 Å². The first-order valence-electron chi connectivity index (χ1n) is 6.03. The second-order valence-corrected chi connectivity index (χ2v) is 5.69. The van der Waals surface area contributed by atoms with Crippen molar-refractivity contribution < 1.29 is 28.7 Å². The van der Waals surface area contributed by atoms with E-state index in [2.05, 4.69) is 9.47 Å². The monoisotopic (exact) mass is 250 g/mol. The Labute approximate surface area is 102 Å². The van der Waals surface area contributed by atoms with Gasteiger partial charge in [0.15, 0.2) is 0 Å². The molecule has 2 heterocycles. The zero-order valence-electron chi connectivity index (χ0n) is 9.38. The van der Waals surface area contributed by atoms with Gasteiger partial charge in [-0.1, -0.05) is 0 Å². The van der Waals surface area contributed by atoms with E-state index in [-0.39, 0.29) is 18.3 Å². The summed E-state index contributed by atoms with van der Waals surface area (Å²) in [5, 5.41) is 0. The smallest absolute Gasteiger partial charge is 0.320 e. The first-order valence-corrected chi connectivity index (χ1v) is 6.03. The maximum atomic E-state index is 11.9. The van der Waals surface area contributed by atoms with Crippen LogP contribution in [0.15, 0.2) is 0 Å². The van der Waals surface area contributed by atoms with Crippen molar-refractivity contribution in [1.29, 1.82) is 0 Å². The molecule has 2 bridgehead atoms. The Morgan fingerprint density at radius 3 is 2.39 bits per heavy atom. The quantitative estimate of drug-likeness (QED) is 0.437. The van der Waals surface area contributed by atoms with E-state index in [9.17, 15) is 19.2 Å². The van der Waals surface area contributed by atoms with Gasteiger partial charge in [0.2, 0.25) is 0 Å². The van der Waals surface area contributed by atoms with Crippen molar-refractivity contribution in [2.24, 2.45) is 29.1 Å². The van der Waals surface area contributed by atoms with Crippen molar-refractivity contribution in [1.82, 2.24) is 0 Å². The summed E-state index contributed by atoms with van der Waals surface area (Å²) in [6.45, 7) is 0. The van der Waals surface area contributed by atoms with Gasteiger partial charge < -0.3 is 9.47 Å². The van der Waals surface area contributed by atoms with Gasteiger partial charge in [0.05, 0.1) is 23.7 Å². The predicted molar refractivity (Wildman–Crippen MR) is 52.4 cm³/mol. The maximum absolute atomic E-state index is 11.9. The van der Waals surface area contributed by atoms with E-state index in [1.807, 2.05) is 0 Å². The highest BCUT2D eigenvalue weighted by molar-refractivity contribution is 6.02. The highest BCUT2D eigenvalue weighted by atomic mass is 16.6. The Morgan fingerprint density at radius 2 is 1.72 bits per heavy atom. The van der Waals surface area contributed by atoms with Crippen LogP contribution in [0.2, 0.25) is 0 Å². The van der Waals surface area contributed by atoms with Crippen LogP contribution in [0.3, 0.4) is 0 Å². The summed E-state index contributed by atoms with van der Waals surface area (Å²) >= 11 is 0. The average molecular weight is 250 g/mol. The van der Waals surface area contributed by atoms with Crippen molar-refractivity contribution >= 4 is 23.9 Å². The third kappa shape index (κ3) is 0.921. The summed E-state index contributed by atoms with van der Waals surface area (Å²) in [7, 11) is 0. The molecule has 4 fully saturated rings. The lowest BCUT2D eigenvalue weighted by Gasteiger charge is -2.32. The van der Waals surface area contributed by atoms with Crippen LogP contribution < -0.4 is 0 Å². The summed E-state index contributed by atoms with van der Waals surface area (Å²) in [5.74, 6) is -3.31. The average Bonchev–Trinajstić information content (AvgIpc) is 2.95. The number of cyclic esters (lactones) is 4. The van der Waals surface area contributed by atoms with Crippen molar-refractivity contribution in [3.63, 3.8) is 0 Å². The summed E-state index contributed by atoms with van der Waals surface area (Å²) in [5.41, 5.74) is -0.868. The number of esters is 4. The fraction of sp³-hybridized carbons (Fsp3) is 0.667. The second kappa shape index (κ2) is 2.81. The number of carbonyl (C=O) groups excluding carboxylic acids is 4. The molecule has 4 unspecified atom stereocenters. The van der Waals surface area contributed by atoms with Crippen molar-refractivity contribution in [3.05, 3.63) is 0 Å². The van der Waals surface area contributed by atoms with Crippen LogP contribution in [-0.4, -0.2) is 23.9 Å². The zero-order chi connectivity index (χ0) is 12.7. The Kier molecular flexibility index (Phi) is 1.60. The molecule has 6 heteroatoms. The first-order chi connectivity index (χ1) is 8.53. The second-order valence-electron chi connectivity index (χ2n) is 5.69. The number of ether oxygens (including phenoxy) is 2. The lowest BCUT2D eigenvalue weighted by molar-refractivity contribution is -0.157. The van der Waals surface area contributed by atoms with E-state index in [0.29, 0.717) is 12.8 Å². The van der Waals surface area contributed by atoms with Crippen LogP contribution in [0.5, 0.6) is 0 Å². The van der Waals surface area contributed by atoms with E-state index < -0.39 is 41.1 Å². The molecule has 0 aromatic heterocycles. The molecule has 4 aliphatic rings. The lowest BCUT2D eigenvalue weighted by atomic mass is 9.64. The van der Waals surface area contributed by atoms with E-state index >= 15 is 0 Å². The number of hydrogen-bond acceptors (Lipinski definition) is 6. The van der Waals surface area contributed by atoms with Gasteiger partial charge in [0.1, 0.15) is 0 Å². The zero-order valence-corrected chi connectivity index (χ0v) is 9.38. The molecule has 2 saturated heterocycles. The number of carbonyl (C=O) groups is 4. The summed E-state index contributed by atoms with van der Waals surface area (Å²) in [6.07, 6.45) is 1.14. The van der Waals surface area contributed by atoms with E-state index in [0.717, 1.165) is 0 Å². The van der Waals surface area contributed by atoms with Crippen LogP contribution in [0.4, 0.5) is 0 Å². The SMILES string of the molecule is O=C1C[C@]2(CC3CC2C2C(=O)OC(=O)C32)C(=O)O1. The third-order valence-electron chi connectivity index (χ3n) is 5.04. The molecule has 4 rings (SSSR count). The molecule has 2 aliphatic heterocycles. The largest absolute Gasteiger partial charge is 0.393 e. The molecule has 0 radical (unpaired) electrons. The van der Waals surface area contributed by atoms with Gasteiger partial charge in [-0.3, -0.25) is 19.2 Å². The molecule has 0 N–H and O–H groups in total. The van der Waals surface area contributed by atoms with Gasteiger partial charge in [0.25, 0.3) is 0 Å². The Bertz CT molecular complexity index is 523. The standard InChI is InChI=1S/C12H10O6/c13-6-3-12(11(16)17-6)2-4-1-5(12)8-7(4)9(14)18-10(8)15/h4-5,7-8H,1-3H2/t4?,5?,7?,8?,12-/m0/s1. The molecule has 5 atom stereocenters. The van der Waals surface area contributed by atoms with E-state index in [1.54, 1.807) is 0 Å². The molecule has 0 aromatic carbocycles. The maximum Gasteiger partial charge on any atom is 0.320 e. The van der Waals surface area contributed by atoms with Gasteiger partial charge >= 0.3 is 23.9 Å². The molecule has 2 saturated carbocycles. The number of rotatable bonds is 0. The van der Waals surface area contributed by atoms with Crippen LogP contribution in [-0.2, 0) is 28.7 Å². The van der Waals surface area contributed by atoms with Gasteiger partial charge in [-0.25, -0.2) is 0 Å². The van der Waals surface area contributed by atoms with Crippen LogP contribution in [0, 0.1) is 29.1 Å². The first kappa shape index (κ1) is 10.2. The summed E-state index contributed by atoms with van der Waals surface area (Å²) < 4.78 is 9.31. The normalized spacial score (nSPS) is 48.9. The summed E-state index contributed by atoms with van der Waals surface area (Å²) in [4.78, 5) is 46.5. The van der Waals surface area contributed by atoms with Gasteiger partial charge in [-0.2, -0.15) is 0 Å². The van der Waals surface area contributed by atoms with E-state index in [4.69, 9.17) is 0 Å². The topological polar surface area (TPSA) is 86.7 Å². The molecule has 2 aliphatic carbocycles. The molecule has 6 nitrogen and oxygen atoms in total. The molecular weight excluding hydrogens is 240 g/mol. The third-order valence-corrected chi connectivity index (χ3v) is 5.04. The Hall–Kier alpha value is -1.72. The highest BCUT2D eigenvalue weighted by Gasteiger charge is 2.72. The van der Waals surface area contributed by atoms with Crippen molar-refractivity contribution in [2.75, 3.05) is 0 Å². The Balaban J connectivity index is 1.78. The van der Waals surface area contributed by atoms with Crippen molar-refractivity contribution in [3.8, 4) is 0 Å². The molecule has 0 aromatic rings. The van der Waals surface area contributed by atoms with Crippen molar-refractivity contribution in [2.45, 2.75) is 19.3 Å². The minimum absolute atomic E-state index is 0.0302. The molecule has 18 heavy (non-hydrogen) atoms.